The number of piperidine rings is 1. The Kier molecular flexibility index (Phi) is 6.28. The predicted molar refractivity (Wildman–Crippen MR) is 99.3 cm³/mol. The molecule has 0 aromatic heterocycles. The number of halogens is 1. The van der Waals surface area contributed by atoms with E-state index in [1.165, 1.54) is 23.1 Å². The number of carbonyl (C=O) groups excluding carboxylic acids is 2. The van der Waals surface area contributed by atoms with Gasteiger partial charge in [0.1, 0.15) is 0 Å². The second-order valence-electron chi connectivity index (χ2n) is 6.63. The smallest absolute Gasteiger partial charge is 0.238 e. The average molecular weight is 403 g/mol. The lowest BCUT2D eigenvalue weighted by Gasteiger charge is -2.32. The molecule has 1 aromatic rings. The van der Waals surface area contributed by atoms with E-state index < -0.39 is 15.9 Å². The van der Waals surface area contributed by atoms with E-state index in [2.05, 4.69) is 0 Å². The molecule has 2 aliphatic rings. The highest BCUT2D eigenvalue weighted by Gasteiger charge is 2.38. The summed E-state index contributed by atoms with van der Waals surface area (Å²) in [6.07, 6.45) is 1.89. The summed E-state index contributed by atoms with van der Waals surface area (Å²) < 4.78 is 23.0. The second kappa shape index (κ2) is 7.91. The molecule has 2 amide bonds. The van der Waals surface area contributed by atoms with E-state index in [1.807, 2.05) is 0 Å². The van der Waals surface area contributed by atoms with Crippen LogP contribution in [0.15, 0.2) is 29.2 Å². The van der Waals surface area contributed by atoms with Crippen molar-refractivity contribution in [1.82, 2.24) is 4.90 Å². The predicted octanol–water partition coefficient (Wildman–Crippen LogP) is 0.0584. The van der Waals surface area contributed by atoms with Gasteiger partial charge in [0, 0.05) is 37.8 Å². The van der Waals surface area contributed by atoms with Gasteiger partial charge in [-0.2, -0.15) is 0 Å². The molecule has 2 aliphatic heterocycles. The minimum atomic E-state index is -3.85. The fraction of sp³-hybridized carbons (Fsp3) is 0.500. The third-order valence-electron chi connectivity index (χ3n) is 4.70. The number of sulfonamides is 1. The number of rotatable bonds is 3. The average Bonchev–Trinajstić information content (AvgIpc) is 2.95. The number of carbonyl (C=O) groups is 2. The molecule has 10 heteroatoms. The molecule has 0 radical (unpaired) electrons. The standard InChI is InChI=1S/C16H22N4O4S.ClH/c17-12-3-2-6-19(10-12)16(22)11-7-15(21)20(9-11)13-4-1-5-14(8-13)25(18,23)24;/h1,4-5,8,11-12H,2-3,6-7,9-10,17H2,(H2,18,23,24);1H. The molecule has 0 bridgehead atoms. The van der Waals surface area contributed by atoms with Crippen molar-refractivity contribution in [3.63, 3.8) is 0 Å². The van der Waals surface area contributed by atoms with Crippen LogP contribution in [0, 0.1) is 5.92 Å². The van der Waals surface area contributed by atoms with Gasteiger partial charge >= 0.3 is 0 Å². The van der Waals surface area contributed by atoms with E-state index in [1.54, 1.807) is 11.0 Å². The third kappa shape index (κ3) is 4.35. The van der Waals surface area contributed by atoms with E-state index in [0.29, 0.717) is 18.8 Å². The van der Waals surface area contributed by atoms with Gasteiger partial charge in [0.15, 0.2) is 0 Å². The molecule has 2 unspecified atom stereocenters. The Balaban J connectivity index is 0.00000243. The van der Waals surface area contributed by atoms with Crippen LogP contribution in [-0.2, 0) is 19.6 Å². The molecule has 2 saturated heterocycles. The summed E-state index contributed by atoms with van der Waals surface area (Å²) in [7, 11) is -3.85. The van der Waals surface area contributed by atoms with Gasteiger partial charge < -0.3 is 15.5 Å². The van der Waals surface area contributed by atoms with Crippen LogP contribution in [0.2, 0.25) is 0 Å². The first-order chi connectivity index (χ1) is 11.8. The first-order valence-corrected chi connectivity index (χ1v) is 9.78. The van der Waals surface area contributed by atoms with E-state index in [9.17, 15) is 18.0 Å². The highest BCUT2D eigenvalue weighted by atomic mass is 35.5. The molecule has 2 fully saturated rings. The largest absolute Gasteiger partial charge is 0.341 e. The highest BCUT2D eigenvalue weighted by molar-refractivity contribution is 7.89. The normalized spacial score (nSPS) is 23.7. The Morgan fingerprint density at radius 2 is 1.96 bits per heavy atom. The van der Waals surface area contributed by atoms with Crippen LogP contribution in [0.1, 0.15) is 19.3 Å². The van der Waals surface area contributed by atoms with Crippen molar-refractivity contribution in [2.24, 2.45) is 16.8 Å². The number of hydrogen-bond acceptors (Lipinski definition) is 5. The first-order valence-electron chi connectivity index (χ1n) is 8.23. The Bertz CT molecular complexity index is 801. The highest BCUT2D eigenvalue weighted by Crippen LogP contribution is 2.28. The summed E-state index contributed by atoms with van der Waals surface area (Å²) in [5.74, 6) is -0.698. The number of anilines is 1. The number of nitrogens with zero attached hydrogens (tertiary/aromatic N) is 2. The monoisotopic (exact) mass is 402 g/mol. The zero-order valence-electron chi connectivity index (χ0n) is 14.2. The number of primary sulfonamides is 1. The van der Waals surface area contributed by atoms with E-state index >= 15 is 0 Å². The summed E-state index contributed by atoms with van der Waals surface area (Å²) >= 11 is 0. The summed E-state index contributed by atoms with van der Waals surface area (Å²) in [5, 5.41) is 5.14. The maximum atomic E-state index is 12.7. The van der Waals surface area contributed by atoms with Crippen molar-refractivity contribution in [2.75, 3.05) is 24.5 Å². The van der Waals surface area contributed by atoms with Gasteiger partial charge in [-0.3, -0.25) is 9.59 Å². The van der Waals surface area contributed by atoms with Crippen molar-refractivity contribution in [1.29, 1.82) is 0 Å². The van der Waals surface area contributed by atoms with Crippen LogP contribution in [0.5, 0.6) is 0 Å². The fourth-order valence-corrected chi connectivity index (χ4v) is 3.97. The minimum Gasteiger partial charge on any atom is -0.341 e. The molecule has 4 N–H and O–H groups in total. The Hall–Kier alpha value is -1.68. The van der Waals surface area contributed by atoms with Crippen molar-refractivity contribution in [3.8, 4) is 0 Å². The van der Waals surface area contributed by atoms with Gasteiger partial charge in [-0.15, -0.1) is 12.4 Å². The molecule has 1 aromatic carbocycles. The first kappa shape index (κ1) is 20.6. The van der Waals surface area contributed by atoms with Gasteiger partial charge in [0.2, 0.25) is 21.8 Å². The molecule has 0 saturated carbocycles. The van der Waals surface area contributed by atoms with Gasteiger partial charge in [0.25, 0.3) is 0 Å². The second-order valence-corrected chi connectivity index (χ2v) is 8.20. The number of benzene rings is 1. The Labute approximate surface area is 159 Å². The lowest BCUT2D eigenvalue weighted by molar-refractivity contribution is -0.136. The molecule has 0 spiro atoms. The molecule has 8 nitrogen and oxygen atoms in total. The molecule has 0 aliphatic carbocycles. The lowest BCUT2D eigenvalue weighted by atomic mass is 10.0. The number of hydrogen-bond donors (Lipinski definition) is 2. The lowest BCUT2D eigenvalue weighted by Crippen LogP contribution is -2.48. The zero-order chi connectivity index (χ0) is 18.2. The van der Waals surface area contributed by atoms with Crippen LogP contribution in [0.25, 0.3) is 0 Å². The van der Waals surface area contributed by atoms with Gasteiger partial charge in [0.05, 0.1) is 10.8 Å². The van der Waals surface area contributed by atoms with Crippen molar-refractivity contribution < 1.29 is 18.0 Å². The van der Waals surface area contributed by atoms with Crippen LogP contribution in [0.4, 0.5) is 5.69 Å². The van der Waals surface area contributed by atoms with Gasteiger partial charge in [-0.1, -0.05) is 6.07 Å². The zero-order valence-corrected chi connectivity index (χ0v) is 15.8. The maximum Gasteiger partial charge on any atom is 0.238 e. The summed E-state index contributed by atoms with van der Waals surface area (Å²) in [5.41, 5.74) is 6.36. The molecular weight excluding hydrogens is 380 g/mol. The molecular formula is C16H23ClN4O4S. The van der Waals surface area contributed by atoms with Crippen molar-refractivity contribution >= 4 is 39.9 Å². The molecule has 26 heavy (non-hydrogen) atoms. The van der Waals surface area contributed by atoms with E-state index in [-0.39, 0.29) is 48.1 Å². The summed E-state index contributed by atoms with van der Waals surface area (Å²) in [4.78, 5) is 28.1. The topological polar surface area (TPSA) is 127 Å². The van der Waals surface area contributed by atoms with Crippen LogP contribution in [-0.4, -0.2) is 50.8 Å². The van der Waals surface area contributed by atoms with Crippen LogP contribution >= 0.6 is 12.4 Å². The molecule has 2 atom stereocenters. The number of nitrogens with two attached hydrogens (primary N) is 2. The molecule has 144 valence electrons. The SMILES string of the molecule is Cl.NC1CCCN(C(=O)C2CC(=O)N(c3cccc(S(N)(=O)=O)c3)C2)C1. The molecule has 2 heterocycles. The van der Waals surface area contributed by atoms with Gasteiger partial charge in [-0.05, 0) is 31.0 Å². The molecule has 3 rings (SSSR count). The summed E-state index contributed by atoms with van der Waals surface area (Å²) in [6.45, 7) is 1.42. The van der Waals surface area contributed by atoms with E-state index in [0.717, 1.165) is 12.8 Å². The van der Waals surface area contributed by atoms with Gasteiger partial charge in [-0.25, -0.2) is 13.6 Å². The minimum absolute atomic E-state index is 0. The van der Waals surface area contributed by atoms with Crippen molar-refractivity contribution in [2.45, 2.75) is 30.2 Å². The quantitative estimate of drug-likeness (QED) is 0.738. The Morgan fingerprint density at radius 3 is 2.62 bits per heavy atom. The third-order valence-corrected chi connectivity index (χ3v) is 5.61. The van der Waals surface area contributed by atoms with Crippen molar-refractivity contribution in [3.05, 3.63) is 24.3 Å². The van der Waals surface area contributed by atoms with Crippen LogP contribution < -0.4 is 15.8 Å². The van der Waals surface area contributed by atoms with E-state index in [4.69, 9.17) is 10.9 Å². The maximum absolute atomic E-state index is 12.7. The van der Waals surface area contributed by atoms with Crippen LogP contribution in [0.3, 0.4) is 0 Å². The summed E-state index contributed by atoms with van der Waals surface area (Å²) in [6, 6.07) is 5.88. The number of likely N-dealkylation sites (tertiary alicyclic amines) is 1. The number of amides is 2. The fourth-order valence-electron chi connectivity index (χ4n) is 3.42. The Morgan fingerprint density at radius 1 is 1.23 bits per heavy atom.